The van der Waals surface area contributed by atoms with Gasteiger partial charge in [0, 0.05) is 13.0 Å². The third kappa shape index (κ3) is 45.3. The predicted molar refractivity (Wildman–Crippen MR) is 254 cm³/mol. The zero-order valence-electron chi connectivity index (χ0n) is 39.5. The van der Waals surface area contributed by atoms with Crippen LogP contribution < -0.4 is 11.1 Å². The van der Waals surface area contributed by atoms with Gasteiger partial charge in [0.15, 0.2) is 0 Å². The summed E-state index contributed by atoms with van der Waals surface area (Å²) in [6.07, 6.45) is 52.7. The number of aliphatic hydroxyl groups is 1. The second-order valence-electron chi connectivity index (χ2n) is 18.1. The van der Waals surface area contributed by atoms with Crippen molar-refractivity contribution in [3.05, 3.63) is 0 Å². The van der Waals surface area contributed by atoms with E-state index in [9.17, 15) is 19.4 Å². The van der Waals surface area contributed by atoms with E-state index in [0.717, 1.165) is 38.5 Å². The molecule has 0 spiro atoms. The van der Waals surface area contributed by atoms with Crippen molar-refractivity contribution < 1.29 is 28.4 Å². The van der Waals surface area contributed by atoms with E-state index in [-0.39, 0.29) is 25.7 Å². The first-order chi connectivity index (χ1) is 28.9. The van der Waals surface area contributed by atoms with Crippen molar-refractivity contribution in [3.63, 3.8) is 0 Å². The van der Waals surface area contributed by atoms with Crippen LogP contribution in [-0.2, 0) is 18.4 Å². The number of rotatable bonds is 50. The van der Waals surface area contributed by atoms with Crippen molar-refractivity contribution in [1.82, 2.24) is 5.32 Å². The van der Waals surface area contributed by atoms with Crippen LogP contribution in [0.25, 0.3) is 0 Å². The number of amides is 1. The highest BCUT2D eigenvalue weighted by Crippen LogP contribution is 2.43. The molecule has 0 aliphatic carbocycles. The summed E-state index contributed by atoms with van der Waals surface area (Å²) < 4.78 is 22.3. The molecule has 9 heteroatoms. The molecule has 0 aromatic heterocycles. The molecule has 354 valence electrons. The molecule has 0 radical (unpaired) electrons. The SMILES string of the molecule is CCCCCCCCCCCCCCCCCCCCCCCCCC(=O)N[C@@H](COP(=O)(O)OCCN)[C@H](O)CCCCCCCCCCCCCCCCCCC. The van der Waals surface area contributed by atoms with E-state index in [1.165, 1.54) is 218 Å². The average molecular weight is 859 g/mol. The minimum Gasteiger partial charge on any atom is -0.391 e. The van der Waals surface area contributed by atoms with Gasteiger partial charge in [-0.25, -0.2) is 4.57 Å². The molecule has 3 atom stereocenters. The Hall–Kier alpha value is -0.500. The highest BCUT2D eigenvalue weighted by Gasteiger charge is 2.27. The summed E-state index contributed by atoms with van der Waals surface area (Å²) in [5, 5.41) is 13.9. The molecule has 5 N–H and O–H groups in total. The number of aliphatic hydroxyl groups excluding tert-OH is 1. The molecule has 1 unspecified atom stereocenters. The lowest BCUT2D eigenvalue weighted by atomic mass is 10.0. The fourth-order valence-corrected chi connectivity index (χ4v) is 9.02. The van der Waals surface area contributed by atoms with Crippen LogP contribution in [0.3, 0.4) is 0 Å². The van der Waals surface area contributed by atoms with Crippen molar-refractivity contribution in [3.8, 4) is 0 Å². The van der Waals surface area contributed by atoms with Crippen LogP contribution in [0.5, 0.6) is 0 Å². The van der Waals surface area contributed by atoms with Crippen LogP contribution in [0.4, 0.5) is 0 Å². The standard InChI is InChI=1S/C50H103N2O6P/c1-3-5-7-9-11-13-15-17-19-21-22-23-24-25-26-28-30-32-34-36-38-40-42-44-50(54)52-48(47-58-59(55,56)57-46-45-51)49(53)43-41-39-37-35-33-31-29-27-20-18-16-14-12-10-8-6-4-2/h48-49,53H,3-47,51H2,1-2H3,(H,52,54)(H,55,56)/t48-,49+/m0/s1. The second kappa shape index (κ2) is 47.0. The van der Waals surface area contributed by atoms with Gasteiger partial charge in [-0.05, 0) is 12.8 Å². The van der Waals surface area contributed by atoms with Crippen LogP contribution >= 0.6 is 7.82 Å². The third-order valence-electron chi connectivity index (χ3n) is 12.2. The molecule has 0 heterocycles. The largest absolute Gasteiger partial charge is 0.472 e. The smallest absolute Gasteiger partial charge is 0.391 e. The Morgan fingerprint density at radius 3 is 1.08 bits per heavy atom. The molecule has 0 aromatic carbocycles. The lowest BCUT2D eigenvalue weighted by Gasteiger charge is -2.25. The molecular formula is C50H103N2O6P. The Morgan fingerprint density at radius 1 is 0.492 bits per heavy atom. The second-order valence-corrected chi connectivity index (χ2v) is 19.6. The van der Waals surface area contributed by atoms with Crippen LogP contribution in [0.15, 0.2) is 0 Å². The van der Waals surface area contributed by atoms with E-state index in [1.807, 2.05) is 0 Å². The van der Waals surface area contributed by atoms with Crippen LogP contribution in [0.2, 0.25) is 0 Å². The van der Waals surface area contributed by atoms with Gasteiger partial charge in [0.1, 0.15) is 0 Å². The zero-order valence-corrected chi connectivity index (χ0v) is 40.4. The van der Waals surface area contributed by atoms with Crippen molar-refractivity contribution in [1.29, 1.82) is 0 Å². The Morgan fingerprint density at radius 2 is 0.780 bits per heavy atom. The van der Waals surface area contributed by atoms with Crippen LogP contribution in [0, 0.1) is 0 Å². The molecule has 8 nitrogen and oxygen atoms in total. The predicted octanol–water partition coefficient (Wildman–Crippen LogP) is 15.3. The van der Waals surface area contributed by atoms with Crippen LogP contribution in [-0.4, -0.2) is 47.8 Å². The van der Waals surface area contributed by atoms with E-state index >= 15 is 0 Å². The first-order valence-corrected chi connectivity index (χ1v) is 27.6. The summed E-state index contributed by atoms with van der Waals surface area (Å²) in [6.45, 7) is 4.26. The number of unbranched alkanes of at least 4 members (excludes halogenated alkanes) is 38. The Balaban J connectivity index is 3.97. The minimum absolute atomic E-state index is 0.0928. The highest BCUT2D eigenvalue weighted by atomic mass is 31.2. The number of nitrogens with one attached hydrogen (secondary N) is 1. The van der Waals surface area contributed by atoms with E-state index in [1.54, 1.807) is 0 Å². The molecule has 0 bridgehead atoms. The van der Waals surface area contributed by atoms with Gasteiger partial charge in [0.2, 0.25) is 5.91 Å². The Bertz CT molecular complexity index is 895. The van der Waals surface area contributed by atoms with E-state index in [4.69, 9.17) is 14.8 Å². The maximum Gasteiger partial charge on any atom is 0.472 e. The third-order valence-corrected chi connectivity index (χ3v) is 13.2. The van der Waals surface area contributed by atoms with Crippen molar-refractivity contribution >= 4 is 13.7 Å². The van der Waals surface area contributed by atoms with E-state index in [2.05, 4.69) is 19.2 Å². The van der Waals surface area contributed by atoms with Crippen molar-refractivity contribution in [2.24, 2.45) is 5.73 Å². The monoisotopic (exact) mass is 859 g/mol. The highest BCUT2D eigenvalue weighted by molar-refractivity contribution is 7.47. The maximum absolute atomic E-state index is 12.8. The number of carbonyl (C=O) groups excluding carboxylic acids is 1. The molecule has 0 saturated carbocycles. The van der Waals surface area contributed by atoms with Gasteiger partial charge in [-0.1, -0.05) is 264 Å². The molecule has 1 amide bonds. The molecule has 0 rings (SSSR count). The number of nitrogens with two attached hydrogens (primary N) is 1. The van der Waals surface area contributed by atoms with Gasteiger partial charge in [0.25, 0.3) is 0 Å². The van der Waals surface area contributed by atoms with Crippen LogP contribution in [0.1, 0.15) is 284 Å². The first-order valence-electron chi connectivity index (χ1n) is 26.2. The molecule has 0 saturated heterocycles. The molecular weight excluding hydrogens is 756 g/mol. The van der Waals surface area contributed by atoms with E-state index in [0.29, 0.717) is 12.8 Å². The van der Waals surface area contributed by atoms with E-state index < -0.39 is 20.0 Å². The molecule has 0 aliphatic rings. The van der Waals surface area contributed by atoms with Crippen molar-refractivity contribution in [2.45, 2.75) is 296 Å². The molecule has 59 heavy (non-hydrogen) atoms. The zero-order chi connectivity index (χ0) is 43.2. The number of carbonyl (C=O) groups is 1. The first kappa shape index (κ1) is 58.5. The topological polar surface area (TPSA) is 131 Å². The fraction of sp³-hybridized carbons (Fsp3) is 0.980. The van der Waals surface area contributed by atoms with Gasteiger partial charge in [-0.15, -0.1) is 0 Å². The number of phosphoric ester groups is 1. The quantitative estimate of drug-likeness (QED) is 0.0354. The lowest BCUT2D eigenvalue weighted by molar-refractivity contribution is -0.123. The Labute approximate surface area is 367 Å². The molecule has 0 aromatic rings. The van der Waals surface area contributed by atoms with Gasteiger partial charge < -0.3 is 21.1 Å². The summed E-state index contributed by atoms with van der Waals surface area (Å²) in [6, 6.07) is -0.768. The van der Waals surface area contributed by atoms with Gasteiger partial charge in [0.05, 0.1) is 25.4 Å². The normalized spacial score (nSPS) is 13.8. The minimum atomic E-state index is -4.31. The number of hydrogen-bond acceptors (Lipinski definition) is 6. The number of phosphoric acid groups is 1. The molecule has 0 fully saturated rings. The Kier molecular flexibility index (Phi) is 46.6. The number of hydrogen-bond donors (Lipinski definition) is 4. The van der Waals surface area contributed by atoms with Gasteiger partial charge in [-0.3, -0.25) is 13.8 Å². The lowest BCUT2D eigenvalue weighted by Crippen LogP contribution is -2.46. The summed E-state index contributed by atoms with van der Waals surface area (Å²) >= 11 is 0. The summed E-state index contributed by atoms with van der Waals surface area (Å²) in [7, 11) is -4.31. The summed E-state index contributed by atoms with van der Waals surface area (Å²) in [5.74, 6) is -0.154. The van der Waals surface area contributed by atoms with Gasteiger partial charge in [-0.2, -0.15) is 0 Å². The molecule has 0 aliphatic heterocycles. The average Bonchev–Trinajstić information content (AvgIpc) is 3.22. The van der Waals surface area contributed by atoms with Gasteiger partial charge >= 0.3 is 7.82 Å². The maximum atomic E-state index is 12.8. The summed E-state index contributed by atoms with van der Waals surface area (Å²) in [4.78, 5) is 22.8. The summed E-state index contributed by atoms with van der Waals surface area (Å²) in [5.41, 5.74) is 5.40. The van der Waals surface area contributed by atoms with Crippen molar-refractivity contribution in [2.75, 3.05) is 19.8 Å². The fourth-order valence-electron chi connectivity index (χ4n) is 8.26.